The Labute approximate surface area is 133 Å². The van der Waals surface area contributed by atoms with Gasteiger partial charge in [0.15, 0.2) is 5.82 Å². The number of benzene rings is 1. The Morgan fingerprint density at radius 1 is 1.40 bits per heavy atom. The Morgan fingerprint density at radius 3 is 2.60 bits per heavy atom. The van der Waals surface area contributed by atoms with E-state index in [1.54, 1.807) is 0 Å². The largest absolute Gasteiger partial charge is 0.315 e. The van der Waals surface area contributed by atoms with Crippen molar-refractivity contribution in [2.75, 3.05) is 20.1 Å². The summed E-state index contributed by atoms with van der Waals surface area (Å²) in [5.74, 6) is -0.914. The van der Waals surface area contributed by atoms with Crippen LogP contribution in [0.4, 0.5) is 4.39 Å². The average molecular weight is 364 g/mol. The molecule has 2 rings (SSSR count). The van der Waals surface area contributed by atoms with Crippen LogP contribution in [0, 0.1) is 5.82 Å². The molecule has 1 unspecified atom stereocenters. The molecule has 1 aliphatic rings. The number of hydrogen-bond acceptors (Lipinski definition) is 3. The van der Waals surface area contributed by atoms with Gasteiger partial charge in [0.1, 0.15) is 4.90 Å². The first-order chi connectivity index (χ1) is 8.85. The summed E-state index contributed by atoms with van der Waals surface area (Å²) in [6.07, 6.45) is 0.712. The van der Waals surface area contributed by atoms with E-state index in [9.17, 15) is 12.8 Å². The van der Waals surface area contributed by atoms with Gasteiger partial charge < -0.3 is 5.32 Å². The fraction of sp³-hybridized carbons (Fsp3) is 0.455. The smallest absolute Gasteiger partial charge is 0.244 e. The van der Waals surface area contributed by atoms with Crippen molar-refractivity contribution in [1.82, 2.24) is 9.62 Å². The third-order valence-electron chi connectivity index (χ3n) is 3.21. The summed E-state index contributed by atoms with van der Waals surface area (Å²) in [6, 6.07) is 2.26. The minimum Gasteiger partial charge on any atom is -0.315 e. The van der Waals surface area contributed by atoms with E-state index in [1.165, 1.54) is 23.5 Å². The Morgan fingerprint density at radius 2 is 2.05 bits per heavy atom. The maximum atomic E-state index is 13.6. The van der Waals surface area contributed by atoms with Crippen LogP contribution in [0.25, 0.3) is 0 Å². The van der Waals surface area contributed by atoms with Crippen LogP contribution in [-0.2, 0) is 10.0 Å². The van der Waals surface area contributed by atoms with Gasteiger partial charge in [0.2, 0.25) is 10.0 Å². The van der Waals surface area contributed by atoms with Crippen molar-refractivity contribution >= 4 is 45.6 Å². The number of nitrogens with one attached hydrogen (secondary N) is 1. The van der Waals surface area contributed by atoms with Crippen LogP contribution in [0.3, 0.4) is 0 Å². The Hall–Kier alpha value is -0.110. The molecular formula is C11H14Cl3FN2O2S. The first-order valence-electron chi connectivity index (χ1n) is 5.68. The third-order valence-corrected chi connectivity index (χ3v) is 5.93. The summed E-state index contributed by atoms with van der Waals surface area (Å²) >= 11 is 11.3. The highest BCUT2D eigenvalue weighted by molar-refractivity contribution is 7.89. The van der Waals surface area contributed by atoms with Gasteiger partial charge >= 0.3 is 0 Å². The molecule has 0 radical (unpaired) electrons. The average Bonchev–Trinajstić information content (AvgIpc) is 2.88. The normalized spacial score (nSPS) is 19.1. The molecule has 4 nitrogen and oxygen atoms in total. The zero-order valence-corrected chi connectivity index (χ0v) is 13.7. The molecule has 9 heteroatoms. The Bertz CT molecular complexity index is 592. The van der Waals surface area contributed by atoms with Crippen LogP contribution in [0.1, 0.15) is 6.42 Å². The standard InChI is InChI=1S/C11H13Cl2FN2O2S.ClH/c1-16(7-4-5-15-6-7)19(17,18)9-3-2-8(12)11(14)10(9)13;/h2-3,7,15H,4-6H2,1H3;1H. The molecule has 0 bridgehead atoms. The molecular weight excluding hydrogens is 350 g/mol. The summed E-state index contributed by atoms with van der Waals surface area (Å²) in [4.78, 5) is -0.259. The van der Waals surface area contributed by atoms with Crippen molar-refractivity contribution in [2.45, 2.75) is 17.4 Å². The number of hydrogen-bond donors (Lipinski definition) is 1. The van der Waals surface area contributed by atoms with E-state index >= 15 is 0 Å². The SMILES string of the molecule is CN(C1CCNC1)S(=O)(=O)c1ccc(Cl)c(F)c1Cl.Cl. The molecule has 1 N–H and O–H groups in total. The molecule has 1 fully saturated rings. The summed E-state index contributed by atoms with van der Waals surface area (Å²) in [7, 11) is -2.36. The Balaban J connectivity index is 0.00000200. The molecule has 0 spiro atoms. The number of nitrogens with zero attached hydrogens (tertiary/aromatic N) is 1. The van der Waals surface area contributed by atoms with Gasteiger partial charge in [-0.2, -0.15) is 4.31 Å². The lowest BCUT2D eigenvalue weighted by molar-refractivity contribution is 0.387. The monoisotopic (exact) mass is 362 g/mol. The molecule has 0 aliphatic carbocycles. The second-order valence-electron chi connectivity index (χ2n) is 4.34. The Kier molecular flexibility index (Phi) is 6.07. The van der Waals surface area contributed by atoms with Crippen LogP contribution < -0.4 is 5.32 Å². The van der Waals surface area contributed by atoms with Gasteiger partial charge in [0.25, 0.3) is 0 Å². The third kappa shape index (κ3) is 3.21. The van der Waals surface area contributed by atoms with Gasteiger partial charge in [-0.3, -0.25) is 0 Å². The van der Waals surface area contributed by atoms with E-state index in [4.69, 9.17) is 23.2 Å². The van der Waals surface area contributed by atoms with Crippen molar-refractivity contribution in [3.63, 3.8) is 0 Å². The first kappa shape index (κ1) is 17.9. The first-order valence-corrected chi connectivity index (χ1v) is 7.87. The number of likely N-dealkylation sites (N-methyl/N-ethyl adjacent to an activating group) is 1. The second kappa shape index (κ2) is 6.77. The highest BCUT2D eigenvalue weighted by Crippen LogP contribution is 2.31. The molecule has 0 amide bonds. The van der Waals surface area contributed by atoms with E-state index in [1.807, 2.05) is 0 Å². The van der Waals surface area contributed by atoms with E-state index < -0.39 is 20.9 Å². The summed E-state index contributed by atoms with van der Waals surface area (Å²) in [5, 5.41) is 2.41. The minimum atomic E-state index is -3.83. The fourth-order valence-electron chi connectivity index (χ4n) is 2.01. The molecule has 1 atom stereocenters. The van der Waals surface area contributed by atoms with Crippen LogP contribution >= 0.6 is 35.6 Å². The number of sulfonamides is 1. The molecule has 1 aliphatic heterocycles. The van der Waals surface area contributed by atoms with Crippen molar-refractivity contribution in [2.24, 2.45) is 0 Å². The van der Waals surface area contributed by atoms with Crippen LogP contribution in [-0.4, -0.2) is 38.9 Å². The predicted molar refractivity (Wildman–Crippen MR) is 79.9 cm³/mol. The molecule has 114 valence electrons. The predicted octanol–water partition coefficient (Wildman–Crippen LogP) is 2.54. The quantitative estimate of drug-likeness (QED) is 0.840. The van der Waals surface area contributed by atoms with E-state index in [-0.39, 0.29) is 28.4 Å². The van der Waals surface area contributed by atoms with E-state index in [0.717, 1.165) is 6.54 Å². The molecule has 1 saturated heterocycles. The summed E-state index contributed by atoms with van der Waals surface area (Å²) in [6.45, 7) is 1.33. The maximum absolute atomic E-state index is 13.6. The zero-order valence-electron chi connectivity index (χ0n) is 10.6. The maximum Gasteiger partial charge on any atom is 0.244 e. The minimum absolute atomic E-state index is 0. The zero-order chi connectivity index (χ0) is 14.2. The molecule has 20 heavy (non-hydrogen) atoms. The highest BCUT2D eigenvalue weighted by Gasteiger charge is 2.32. The van der Waals surface area contributed by atoms with E-state index in [0.29, 0.717) is 13.0 Å². The van der Waals surface area contributed by atoms with Gasteiger partial charge in [-0.05, 0) is 25.1 Å². The number of rotatable bonds is 3. The van der Waals surface area contributed by atoms with Gasteiger partial charge in [0.05, 0.1) is 10.0 Å². The number of halogens is 4. The fourth-order valence-corrected chi connectivity index (χ4v) is 4.11. The molecule has 1 aromatic carbocycles. The topological polar surface area (TPSA) is 49.4 Å². The lowest BCUT2D eigenvalue weighted by Gasteiger charge is -2.23. The lowest BCUT2D eigenvalue weighted by atomic mass is 10.3. The van der Waals surface area contributed by atoms with Crippen LogP contribution in [0.15, 0.2) is 17.0 Å². The highest BCUT2D eigenvalue weighted by atomic mass is 35.5. The molecule has 1 aromatic rings. The van der Waals surface area contributed by atoms with Crippen molar-refractivity contribution < 1.29 is 12.8 Å². The molecule has 1 heterocycles. The second-order valence-corrected chi connectivity index (χ2v) is 7.09. The van der Waals surface area contributed by atoms with E-state index in [2.05, 4.69) is 5.32 Å². The molecule has 0 saturated carbocycles. The van der Waals surface area contributed by atoms with Crippen LogP contribution in [0.2, 0.25) is 10.0 Å². The van der Waals surface area contributed by atoms with Gasteiger partial charge in [0, 0.05) is 19.6 Å². The van der Waals surface area contributed by atoms with Crippen molar-refractivity contribution in [3.8, 4) is 0 Å². The van der Waals surface area contributed by atoms with Gasteiger partial charge in [-0.25, -0.2) is 12.8 Å². The van der Waals surface area contributed by atoms with Gasteiger partial charge in [-0.1, -0.05) is 23.2 Å². The molecule has 0 aromatic heterocycles. The van der Waals surface area contributed by atoms with Crippen molar-refractivity contribution in [1.29, 1.82) is 0 Å². The summed E-state index contributed by atoms with van der Waals surface area (Å²) in [5.41, 5.74) is 0. The van der Waals surface area contributed by atoms with Crippen LogP contribution in [0.5, 0.6) is 0 Å². The lowest BCUT2D eigenvalue weighted by Crippen LogP contribution is -2.38. The summed E-state index contributed by atoms with van der Waals surface area (Å²) < 4.78 is 39.6. The van der Waals surface area contributed by atoms with Crippen molar-refractivity contribution in [3.05, 3.63) is 28.0 Å². The van der Waals surface area contributed by atoms with Gasteiger partial charge in [-0.15, -0.1) is 12.4 Å².